The van der Waals surface area contributed by atoms with Crippen molar-refractivity contribution < 1.29 is 4.79 Å². The average Bonchev–Trinajstić information content (AvgIpc) is 3.07. The highest BCUT2D eigenvalue weighted by Crippen LogP contribution is 2.10. The van der Waals surface area contributed by atoms with Gasteiger partial charge >= 0.3 is 0 Å². The van der Waals surface area contributed by atoms with Crippen molar-refractivity contribution in [1.29, 1.82) is 0 Å². The number of carbonyl (C=O) groups excluding carboxylic acids is 1. The Morgan fingerprint density at radius 2 is 1.79 bits per heavy atom. The first-order chi connectivity index (χ1) is 11.7. The Hall–Kier alpha value is -2.59. The smallest absolute Gasteiger partial charge is 0.224 e. The maximum Gasteiger partial charge on any atom is 0.224 e. The number of halogens is 1. The molecular weight excluding hydrogens is 322 g/mol. The van der Waals surface area contributed by atoms with Crippen molar-refractivity contribution in [3.05, 3.63) is 83.1 Å². The minimum absolute atomic E-state index is 0.00720. The molecule has 0 aliphatic carbocycles. The Kier molecular flexibility index (Phi) is 5.29. The van der Waals surface area contributed by atoms with Gasteiger partial charge in [-0.1, -0.05) is 41.9 Å². The van der Waals surface area contributed by atoms with Gasteiger partial charge in [-0.2, -0.15) is 5.10 Å². The number of aromatic nitrogens is 2. The van der Waals surface area contributed by atoms with Crippen LogP contribution < -0.4 is 5.32 Å². The molecule has 0 bridgehead atoms. The molecular formula is C19H18ClN3O. The molecule has 0 unspecified atom stereocenters. The summed E-state index contributed by atoms with van der Waals surface area (Å²) in [6.45, 7) is 0.590. The van der Waals surface area contributed by atoms with Crippen LogP contribution in [0, 0.1) is 0 Å². The van der Waals surface area contributed by atoms with Crippen molar-refractivity contribution in [1.82, 2.24) is 15.1 Å². The molecule has 1 N–H and O–H groups in total. The molecule has 5 heteroatoms. The topological polar surface area (TPSA) is 46.9 Å². The standard InChI is InChI=1S/C19H18ClN3O/c20-17-8-6-15(7-9-17)12-19(24)21-11-10-16-13-22-23(14-16)18-4-2-1-3-5-18/h1-9,13-14H,10-12H2,(H,21,24). The molecule has 0 fully saturated rings. The van der Waals surface area contributed by atoms with Crippen molar-refractivity contribution in [2.45, 2.75) is 12.8 Å². The van der Waals surface area contributed by atoms with Gasteiger partial charge in [-0.3, -0.25) is 4.79 Å². The molecule has 122 valence electrons. The molecule has 0 saturated carbocycles. The molecule has 3 rings (SSSR count). The zero-order valence-electron chi connectivity index (χ0n) is 13.2. The van der Waals surface area contributed by atoms with Crippen molar-refractivity contribution >= 4 is 17.5 Å². The minimum atomic E-state index is 0.00720. The Labute approximate surface area is 146 Å². The lowest BCUT2D eigenvalue weighted by atomic mass is 10.1. The monoisotopic (exact) mass is 339 g/mol. The Balaban J connectivity index is 1.47. The molecule has 24 heavy (non-hydrogen) atoms. The molecule has 0 radical (unpaired) electrons. The van der Waals surface area contributed by atoms with E-state index in [2.05, 4.69) is 10.4 Å². The third-order valence-corrected chi connectivity index (χ3v) is 3.92. The number of nitrogens with one attached hydrogen (secondary N) is 1. The number of benzene rings is 2. The first kappa shape index (κ1) is 16.3. The lowest BCUT2D eigenvalue weighted by Crippen LogP contribution is -2.27. The predicted molar refractivity (Wildman–Crippen MR) is 95.4 cm³/mol. The van der Waals surface area contributed by atoms with E-state index in [1.165, 1.54) is 0 Å². The van der Waals surface area contributed by atoms with Crippen LogP contribution in [-0.4, -0.2) is 22.2 Å². The molecule has 1 heterocycles. The van der Waals surface area contributed by atoms with Gasteiger partial charge in [-0.05, 0) is 41.8 Å². The second-order valence-electron chi connectivity index (χ2n) is 5.53. The number of para-hydroxylation sites is 1. The van der Waals surface area contributed by atoms with Gasteiger partial charge in [0.05, 0.1) is 18.3 Å². The van der Waals surface area contributed by atoms with E-state index in [-0.39, 0.29) is 5.91 Å². The van der Waals surface area contributed by atoms with E-state index in [0.29, 0.717) is 18.0 Å². The number of carbonyl (C=O) groups is 1. The third-order valence-electron chi connectivity index (χ3n) is 3.67. The molecule has 0 spiro atoms. The van der Waals surface area contributed by atoms with Crippen molar-refractivity contribution in [3.63, 3.8) is 0 Å². The molecule has 2 aromatic carbocycles. The summed E-state index contributed by atoms with van der Waals surface area (Å²) in [5, 5.41) is 7.96. The molecule has 4 nitrogen and oxygen atoms in total. The summed E-state index contributed by atoms with van der Waals surface area (Å²) in [6, 6.07) is 17.3. The van der Waals surface area contributed by atoms with Crippen LogP contribution in [0.25, 0.3) is 5.69 Å². The summed E-state index contributed by atoms with van der Waals surface area (Å²) in [7, 11) is 0. The number of nitrogens with zero attached hydrogens (tertiary/aromatic N) is 2. The van der Waals surface area contributed by atoms with Crippen LogP contribution in [0.15, 0.2) is 67.0 Å². The Morgan fingerprint density at radius 1 is 1.04 bits per heavy atom. The zero-order chi connectivity index (χ0) is 16.8. The highest BCUT2D eigenvalue weighted by molar-refractivity contribution is 6.30. The predicted octanol–water partition coefficient (Wildman–Crippen LogP) is 3.43. The number of hydrogen-bond donors (Lipinski definition) is 1. The van der Waals surface area contributed by atoms with Crippen molar-refractivity contribution in [2.75, 3.05) is 6.54 Å². The van der Waals surface area contributed by atoms with Crippen LogP contribution in [0.5, 0.6) is 0 Å². The van der Waals surface area contributed by atoms with Gasteiger partial charge in [0, 0.05) is 17.8 Å². The van der Waals surface area contributed by atoms with Gasteiger partial charge in [0.25, 0.3) is 0 Å². The highest BCUT2D eigenvalue weighted by Gasteiger charge is 2.04. The van der Waals surface area contributed by atoms with Crippen LogP contribution in [0.2, 0.25) is 5.02 Å². The molecule has 1 aromatic heterocycles. The third kappa shape index (κ3) is 4.46. The normalized spacial score (nSPS) is 10.5. The van der Waals surface area contributed by atoms with E-state index in [0.717, 1.165) is 23.2 Å². The molecule has 0 aliphatic heterocycles. The average molecular weight is 340 g/mol. The van der Waals surface area contributed by atoms with E-state index in [1.54, 1.807) is 12.1 Å². The molecule has 0 aliphatic rings. The SMILES string of the molecule is O=C(Cc1ccc(Cl)cc1)NCCc1cnn(-c2ccccc2)c1. The highest BCUT2D eigenvalue weighted by atomic mass is 35.5. The maximum absolute atomic E-state index is 11.9. The number of rotatable bonds is 6. The van der Waals surface area contributed by atoms with Gasteiger partial charge in [-0.15, -0.1) is 0 Å². The Bertz CT molecular complexity index is 797. The van der Waals surface area contributed by atoms with Gasteiger partial charge in [-0.25, -0.2) is 4.68 Å². The fraction of sp³-hybridized carbons (Fsp3) is 0.158. The second-order valence-corrected chi connectivity index (χ2v) is 5.97. The largest absolute Gasteiger partial charge is 0.355 e. The van der Waals surface area contributed by atoms with Gasteiger partial charge in [0.15, 0.2) is 0 Å². The van der Waals surface area contributed by atoms with Gasteiger partial charge < -0.3 is 5.32 Å². The van der Waals surface area contributed by atoms with Crippen LogP contribution >= 0.6 is 11.6 Å². The van der Waals surface area contributed by atoms with Crippen molar-refractivity contribution in [3.8, 4) is 5.69 Å². The summed E-state index contributed by atoms with van der Waals surface area (Å²) in [4.78, 5) is 11.9. The molecule has 3 aromatic rings. The van der Waals surface area contributed by atoms with Gasteiger partial charge in [0.1, 0.15) is 0 Å². The number of hydrogen-bond acceptors (Lipinski definition) is 2. The molecule has 1 amide bonds. The van der Waals surface area contributed by atoms with Crippen LogP contribution in [-0.2, 0) is 17.6 Å². The summed E-state index contributed by atoms with van der Waals surface area (Å²) in [5.74, 6) is 0.00720. The fourth-order valence-corrected chi connectivity index (χ4v) is 2.53. The maximum atomic E-state index is 11.9. The molecule has 0 saturated heterocycles. The lowest BCUT2D eigenvalue weighted by Gasteiger charge is -2.04. The van der Waals surface area contributed by atoms with Crippen LogP contribution in [0.3, 0.4) is 0 Å². The first-order valence-electron chi connectivity index (χ1n) is 7.81. The molecule has 0 atom stereocenters. The van der Waals surface area contributed by atoms with E-state index in [4.69, 9.17) is 11.6 Å². The summed E-state index contributed by atoms with van der Waals surface area (Å²) in [6.07, 6.45) is 4.93. The van der Waals surface area contributed by atoms with E-state index < -0.39 is 0 Å². The number of amides is 1. The van der Waals surface area contributed by atoms with Gasteiger partial charge in [0.2, 0.25) is 5.91 Å². The lowest BCUT2D eigenvalue weighted by molar-refractivity contribution is -0.120. The Morgan fingerprint density at radius 3 is 2.54 bits per heavy atom. The summed E-state index contributed by atoms with van der Waals surface area (Å²) >= 11 is 5.84. The van der Waals surface area contributed by atoms with E-state index in [9.17, 15) is 4.79 Å². The zero-order valence-corrected chi connectivity index (χ0v) is 13.9. The quantitative estimate of drug-likeness (QED) is 0.748. The minimum Gasteiger partial charge on any atom is -0.355 e. The van der Waals surface area contributed by atoms with E-state index in [1.807, 2.05) is 59.5 Å². The summed E-state index contributed by atoms with van der Waals surface area (Å²) < 4.78 is 1.84. The summed E-state index contributed by atoms with van der Waals surface area (Å²) in [5.41, 5.74) is 3.06. The second kappa shape index (κ2) is 7.79. The van der Waals surface area contributed by atoms with E-state index >= 15 is 0 Å². The van der Waals surface area contributed by atoms with Crippen LogP contribution in [0.4, 0.5) is 0 Å². The van der Waals surface area contributed by atoms with Crippen molar-refractivity contribution in [2.24, 2.45) is 0 Å². The first-order valence-corrected chi connectivity index (χ1v) is 8.18. The fourth-order valence-electron chi connectivity index (χ4n) is 2.41. The van der Waals surface area contributed by atoms with Crippen LogP contribution in [0.1, 0.15) is 11.1 Å².